The summed E-state index contributed by atoms with van der Waals surface area (Å²) >= 11 is 5.84. The molecule has 0 aliphatic carbocycles. The van der Waals surface area contributed by atoms with Crippen molar-refractivity contribution in [3.05, 3.63) is 95.0 Å². The number of anilines is 1. The van der Waals surface area contributed by atoms with Crippen LogP contribution in [0.1, 0.15) is 17.5 Å². The number of β-amino-alcohol motifs (C(OH)–C–C–N with tert-alkyl or cyclic N) is 1. The molecule has 1 heterocycles. The van der Waals surface area contributed by atoms with E-state index >= 15 is 0 Å². The number of aliphatic carboxylic acids is 1. The molecule has 3 aromatic carbocycles. The number of carbonyl (C=O) groups is 2. The highest BCUT2D eigenvalue weighted by Gasteiger charge is 2.44. The van der Waals surface area contributed by atoms with Gasteiger partial charge in [-0.2, -0.15) is 13.5 Å². The summed E-state index contributed by atoms with van der Waals surface area (Å²) in [5.74, 6) is -2.41. The summed E-state index contributed by atoms with van der Waals surface area (Å²) in [5, 5.41) is 28.9. The zero-order valence-corrected chi connectivity index (χ0v) is 21.2. The first-order valence-electron chi connectivity index (χ1n) is 11.1. The van der Waals surface area contributed by atoms with Crippen molar-refractivity contribution in [1.82, 2.24) is 5.01 Å². The minimum absolute atomic E-state index is 0.118. The summed E-state index contributed by atoms with van der Waals surface area (Å²) in [6, 6.07) is 20.2. The second-order valence-corrected chi connectivity index (χ2v) is 10.3. The molecule has 0 radical (unpaired) electrons. The molecule has 196 valence electrons. The van der Waals surface area contributed by atoms with Crippen molar-refractivity contribution in [3.63, 3.8) is 0 Å². The molecule has 1 aliphatic rings. The Bertz CT molecular complexity index is 1530. The van der Waals surface area contributed by atoms with Crippen LogP contribution < -0.4 is 11.1 Å². The molecular weight excluding hydrogens is 534 g/mol. The molecule has 0 aromatic heterocycles. The van der Waals surface area contributed by atoms with Gasteiger partial charge in [-0.15, -0.1) is 4.40 Å². The number of halogens is 1. The van der Waals surface area contributed by atoms with E-state index < -0.39 is 39.9 Å². The van der Waals surface area contributed by atoms with Crippen LogP contribution in [0.25, 0.3) is 0 Å². The van der Waals surface area contributed by atoms with Crippen molar-refractivity contribution in [1.29, 1.82) is 0 Å². The third kappa shape index (κ3) is 5.83. The smallest absolute Gasteiger partial charge is 0.312 e. The quantitative estimate of drug-likeness (QED) is 0.195. The predicted octanol–water partition coefficient (Wildman–Crippen LogP) is 2.36. The van der Waals surface area contributed by atoms with Crippen LogP contribution in [-0.4, -0.2) is 53.7 Å². The Kier molecular flexibility index (Phi) is 7.49. The fraction of sp³-hybridized carbons (Fsp3) is 0.120. The summed E-state index contributed by atoms with van der Waals surface area (Å²) in [4.78, 5) is 22.4. The number of sulfonamides is 1. The molecule has 1 aliphatic heterocycles. The lowest BCUT2D eigenvalue weighted by atomic mass is 9.86. The number of carboxylic acids is 1. The zero-order valence-electron chi connectivity index (χ0n) is 19.7. The number of hydrazone groups is 1. The van der Waals surface area contributed by atoms with E-state index in [0.29, 0.717) is 21.8 Å². The van der Waals surface area contributed by atoms with Gasteiger partial charge < -0.3 is 21.3 Å². The maximum Gasteiger partial charge on any atom is 0.312 e. The Labute approximate surface area is 222 Å². The highest BCUT2D eigenvalue weighted by molar-refractivity contribution is 7.90. The Balaban J connectivity index is 1.68. The second-order valence-electron chi connectivity index (χ2n) is 8.31. The molecular formula is C25H22ClN5O6S. The van der Waals surface area contributed by atoms with Gasteiger partial charge in [0.1, 0.15) is 12.1 Å². The fourth-order valence-corrected chi connectivity index (χ4v) is 4.84. The maximum absolute atomic E-state index is 12.8. The van der Waals surface area contributed by atoms with Crippen LogP contribution in [-0.2, 0) is 25.2 Å². The van der Waals surface area contributed by atoms with E-state index in [0.717, 1.165) is 5.01 Å². The normalized spacial score (nSPS) is 17.7. The van der Waals surface area contributed by atoms with Crippen LogP contribution in [0.15, 0.2) is 93.3 Å². The van der Waals surface area contributed by atoms with E-state index in [9.17, 15) is 23.1 Å². The van der Waals surface area contributed by atoms with Crippen molar-refractivity contribution < 1.29 is 28.2 Å². The summed E-state index contributed by atoms with van der Waals surface area (Å²) in [6.07, 6.45) is -0.686. The van der Waals surface area contributed by atoms with Crippen LogP contribution in [0.2, 0.25) is 5.02 Å². The molecule has 1 unspecified atom stereocenters. The number of hydrogen-bond acceptors (Lipinski definition) is 6. The Hall–Kier alpha value is -4.26. The van der Waals surface area contributed by atoms with Crippen molar-refractivity contribution in [2.45, 2.75) is 16.9 Å². The number of carbonyl (C=O) groups excluding carboxylic acids is 1. The first-order valence-corrected chi connectivity index (χ1v) is 12.9. The van der Waals surface area contributed by atoms with Crippen LogP contribution in [0.3, 0.4) is 0 Å². The highest BCUT2D eigenvalue weighted by atomic mass is 35.5. The highest BCUT2D eigenvalue weighted by Crippen LogP contribution is 2.33. The minimum atomic E-state index is -4.19. The van der Waals surface area contributed by atoms with Crippen molar-refractivity contribution in [2.24, 2.45) is 15.2 Å². The van der Waals surface area contributed by atoms with E-state index in [2.05, 4.69) is 14.8 Å². The van der Waals surface area contributed by atoms with E-state index in [4.69, 9.17) is 22.4 Å². The number of amides is 1. The van der Waals surface area contributed by atoms with Crippen molar-refractivity contribution >= 4 is 50.9 Å². The van der Waals surface area contributed by atoms with Gasteiger partial charge in [-0.1, -0.05) is 54.1 Å². The molecule has 0 fully saturated rings. The van der Waals surface area contributed by atoms with E-state index in [1.165, 1.54) is 36.4 Å². The molecule has 5 N–H and O–H groups in total. The number of benzene rings is 3. The van der Waals surface area contributed by atoms with Gasteiger partial charge in [-0.25, -0.2) is 5.01 Å². The number of rotatable bonds is 7. The number of nitrogens with one attached hydrogen (secondary N) is 1. The minimum Gasteiger partial charge on any atom is -0.481 e. The second kappa shape index (κ2) is 10.6. The van der Waals surface area contributed by atoms with Crippen LogP contribution >= 0.6 is 11.6 Å². The third-order valence-corrected chi connectivity index (χ3v) is 7.13. The van der Waals surface area contributed by atoms with E-state index in [1.54, 1.807) is 42.5 Å². The lowest BCUT2D eigenvalue weighted by Crippen LogP contribution is -2.42. The number of nitrogens with two attached hydrogens (primary N) is 1. The Morgan fingerprint density at radius 1 is 1.05 bits per heavy atom. The average molecular weight is 556 g/mol. The van der Waals surface area contributed by atoms with Gasteiger partial charge >= 0.3 is 5.97 Å². The average Bonchev–Trinajstić information content (AvgIpc) is 3.23. The molecule has 13 heteroatoms. The first-order chi connectivity index (χ1) is 18.0. The van der Waals surface area contributed by atoms with Gasteiger partial charge in [0.15, 0.2) is 5.60 Å². The van der Waals surface area contributed by atoms with E-state index in [-0.39, 0.29) is 17.2 Å². The molecule has 38 heavy (non-hydrogen) atoms. The molecule has 11 nitrogen and oxygen atoms in total. The van der Waals surface area contributed by atoms with Crippen LogP contribution in [0.4, 0.5) is 5.69 Å². The monoisotopic (exact) mass is 555 g/mol. The van der Waals surface area contributed by atoms with E-state index in [1.807, 2.05) is 0 Å². The number of hydrogen-bond donors (Lipinski definition) is 4. The topological polar surface area (TPSA) is 175 Å². The number of nitrogens with zero attached hydrogens (tertiary/aromatic N) is 3. The summed E-state index contributed by atoms with van der Waals surface area (Å²) in [7, 11) is -4.19. The van der Waals surface area contributed by atoms with Crippen molar-refractivity contribution in [3.8, 4) is 0 Å². The summed E-state index contributed by atoms with van der Waals surface area (Å²) in [5.41, 5.74) is 5.78. The molecule has 0 spiro atoms. The third-order valence-electron chi connectivity index (χ3n) is 5.59. The van der Waals surface area contributed by atoms with Gasteiger partial charge in [0.25, 0.3) is 10.0 Å². The van der Waals surface area contributed by atoms with Crippen molar-refractivity contribution in [2.75, 3.05) is 11.9 Å². The SMILES string of the molecule is N/C(=N\S(=O)(=O)c1ccc(Cl)cc1)N1CC(O)(c2ccccc2)C(c2ccc(NC(=O)CC(=O)O)cc2)=N1. The maximum atomic E-state index is 12.8. The molecule has 0 saturated carbocycles. The summed E-state index contributed by atoms with van der Waals surface area (Å²) < 4.78 is 29.2. The largest absolute Gasteiger partial charge is 0.481 e. The lowest BCUT2D eigenvalue weighted by Gasteiger charge is -2.25. The van der Waals surface area contributed by atoms with Gasteiger partial charge in [0, 0.05) is 16.3 Å². The van der Waals surface area contributed by atoms with Gasteiger partial charge in [-0.05, 0) is 42.0 Å². The number of carboxylic acid groups (broad SMARTS) is 1. The molecule has 1 atom stereocenters. The predicted molar refractivity (Wildman–Crippen MR) is 141 cm³/mol. The molecule has 0 bridgehead atoms. The molecule has 1 amide bonds. The number of aliphatic hydroxyl groups is 1. The lowest BCUT2D eigenvalue weighted by molar-refractivity contribution is -0.139. The Morgan fingerprint density at radius 3 is 2.29 bits per heavy atom. The van der Waals surface area contributed by atoms with Crippen LogP contribution in [0.5, 0.6) is 0 Å². The fourth-order valence-electron chi connectivity index (χ4n) is 3.78. The zero-order chi connectivity index (χ0) is 27.5. The first kappa shape index (κ1) is 26.8. The standard InChI is InChI=1S/C25H22ClN5O6S/c26-18-8-12-20(13-9-18)38(36,37)30-24(27)31-15-25(35,17-4-2-1-3-5-17)23(29-31)16-6-10-19(11-7-16)28-21(32)14-22(33)34/h1-13,35H,14-15H2,(H2,27,30)(H,28,32)(H,33,34). The Morgan fingerprint density at radius 2 is 1.68 bits per heavy atom. The van der Waals surface area contributed by atoms with Gasteiger partial charge in [0.2, 0.25) is 11.9 Å². The molecule has 3 aromatic rings. The van der Waals surface area contributed by atoms with Gasteiger partial charge in [0.05, 0.1) is 11.4 Å². The van der Waals surface area contributed by atoms with Gasteiger partial charge in [-0.3, -0.25) is 9.59 Å². The number of guanidine groups is 1. The summed E-state index contributed by atoms with van der Waals surface area (Å²) in [6.45, 7) is -0.227. The molecule has 4 rings (SSSR count). The van der Waals surface area contributed by atoms with Crippen LogP contribution in [0, 0.1) is 0 Å². The molecule has 0 saturated heterocycles.